The van der Waals surface area contributed by atoms with Crippen molar-refractivity contribution in [3.63, 3.8) is 0 Å². The predicted molar refractivity (Wildman–Crippen MR) is 159 cm³/mol. The van der Waals surface area contributed by atoms with Crippen LogP contribution in [0.4, 0.5) is 10.6 Å². The quantitative estimate of drug-likeness (QED) is 0.484. The van der Waals surface area contributed by atoms with Crippen LogP contribution in [0.5, 0.6) is 0 Å². The lowest BCUT2D eigenvalue weighted by molar-refractivity contribution is -0.142. The SMILES string of the molecule is C[C@@H](C(=O)N[C@H](C(=O)N1CCC[C@H]1C(=O)Nc1ccnn1-c1ccccc1)C1CCCCC1)N(C)C(=O)OC(C)(C)C. The van der Waals surface area contributed by atoms with Crippen molar-refractivity contribution in [1.82, 2.24) is 24.9 Å². The van der Waals surface area contributed by atoms with Crippen LogP contribution in [0, 0.1) is 5.92 Å². The highest BCUT2D eigenvalue weighted by molar-refractivity contribution is 5.99. The van der Waals surface area contributed by atoms with E-state index in [9.17, 15) is 19.2 Å². The Balaban J connectivity index is 1.48. The molecule has 1 aromatic heterocycles. The molecule has 4 rings (SSSR count). The van der Waals surface area contributed by atoms with Crippen LogP contribution in [-0.2, 0) is 19.1 Å². The lowest BCUT2D eigenvalue weighted by atomic mass is 9.83. The van der Waals surface area contributed by atoms with Gasteiger partial charge in [0.1, 0.15) is 29.5 Å². The fourth-order valence-corrected chi connectivity index (χ4v) is 5.65. The minimum absolute atomic E-state index is 0.0435. The zero-order valence-corrected chi connectivity index (χ0v) is 25.3. The molecule has 11 heteroatoms. The third kappa shape index (κ3) is 7.49. The van der Waals surface area contributed by atoms with Crippen molar-refractivity contribution < 1.29 is 23.9 Å². The highest BCUT2D eigenvalue weighted by Gasteiger charge is 2.41. The molecule has 2 aromatic rings. The Morgan fingerprint density at radius 3 is 2.36 bits per heavy atom. The van der Waals surface area contributed by atoms with Gasteiger partial charge in [-0.05, 0) is 71.4 Å². The maximum atomic E-state index is 14.1. The lowest BCUT2D eigenvalue weighted by Crippen LogP contribution is -2.58. The minimum Gasteiger partial charge on any atom is -0.444 e. The summed E-state index contributed by atoms with van der Waals surface area (Å²) in [6, 6.07) is 8.91. The van der Waals surface area contributed by atoms with Crippen molar-refractivity contribution in [3.05, 3.63) is 42.6 Å². The van der Waals surface area contributed by atoms with E-state index in [2.05, 4.69) is 15.7 Å². The van der Waals surface area contributed by atoms with E-state index in [4.69, 9.17) is 4.74 Å². The van der Waals surface area contributed by atoms with Gasteiger partial charge in [0.05, 0.1) is 11.9 Å². The van der Waals surface area contributed by atoms with E-state index in [1.807, 2.05) is 30.3 Å². The molecule has 1 aliphatic carbocycles. The second kappa shape index (κ2) is 13.4. The summed E-state index contributed by atoms with van der Waals surface area (Å²) in [5.74, 6) is -0.499. The molecule has 0 spiro atoms. The maximum absolute atomic E-state index is 14.1. The first-order valence-electron chi connectivity index (χ1n) is 14.9. The monoisotopic (exact) mass is 580 g/mol. The van der Waals surface area contributed by atoms with E-state index in [-0.39, 0.29) is 17.7 Å². The molecule has 228 valence electrons. The minimum atomic E-state index is -0.852. The number of amides is 4. The molecule has 3 atom stereocenters. The fraction of sp³-hybridized carbons (Fsp3) is 0.581. The van der Waals surface area contributed by atoms with Crippen molar-refractivity contribution in [2.75, 3.05) is 18.9 Å². The van der Waals surface area contributed by atoms with Crippen LogP contribution in [0.3, 0.4) is 0 Å². The number of nitrogens with zero attached hydrogens (tertiary/aromatic N) is 4. The molecule has 11 nitrogen and oxygen atoms in total. The van der Waals surface area contributed by atoms with Crippen LogP contribution >= 0.6 is 0 Å². The molecule has 1 aromatic carbocycles. The van der Waals surface area contributed by atoms with E-state index in [1.165, 1.54) is 11.9 Å². The molecule has 2 N–H and O–H groups in total. The maximum Gasteiger partial charge on any atom is 0.410 e. The average Bonchev–Trinajstić information content (AvgIpc) is 3.65. The number of para-hydroxylation sites is 1. The second-order valence-electron chi connectivity index (χ2n) is 12.3. The zero-order valence-electron chi connectivity index (χ0n) is 25.3. The van der Waals surface area contributed by atoms with Gasteiger partial charge in [-0.15, -0.1) is 0 Å². The Morgan fingerprint density at radius 1 is 1.00 bits per heavy atom. The van der Waals surface area contributed by atoms with Gasteiger partial charge in [-0.3, -0.25) is 19.3 Å². The number of aromatic nitrogens is 2. The normalized spacial score (nSPS) is 19.1. The van der Waals surface area contributed by atoms with Gasteiger partial charge >= 0.3 is 6.09 Å². The van der Waals surface area contributed by atoms with Crippen molar-refractivity contribution in [3.8, 4) is 5.69 Å². The number of hydrogen-bond donors (Lipinski definition) is 2. The molecule has 4 amide bonds. The van der Waals surface area contributed by atoms with Gasteiger partial charge < -0.3 is 20.3 Å². The molecule has 42 heavy (non-hydrogen) atoms. The first kappa shape index (κ1) is 31.1. The topological polar surface area (TPSA) is 126 Å². The lowest BCUT2D eigenvalue weighted by Gasteiger charge is -2.36. The molecular formula is C31H44N6O5. The standard InChI is InChI=1S/C31H44N6O5/c1-21(35(5)30(41)42-31(2,3)4)27(38)34-26(22-13-8-6-9-14-22)29(40)36-20-12-17-24(36)28(39)33-25-18-19-32-37(25)23-15-10-7-11-16-23/h7,10-11,15-16,18-19,21-22,24,26H,6,8-9,12-14,17,20H2,1-5H3,(H,33,39)(H,34,38)/t21-,24-,26-/m0/s1. The van der Waals surface area contributed by atoms with Crippen molar-refractivity contribution in [2.24, 2.45) is 5.92 Å². The van der Waals surface area contributed by atoms with E-state index in [0.29, 0.717) is 25.2 Å². The van der Waals surface area contributed by atoms with Gasteiger partial charge in [0.15, 0.2) is 0 Å². The third-order valence-electron chi connectivity index (χ3n) is 8.06. The van der Waals surface area contributed by atoms with E-state index < -0.39 is 35.7 Å². The molecule has 2 aliphatic rings. The fourth-order valence-electron chi connectivity index (χ4n) is 5.65. The number of likely N-dealkylation sites (N-methyl/N-ethyl adjacent to an activating group) is 1. The molecule has 1 aliphatic heterocycles. The van der Waals surface area contributed by atoms with E-state index >= 15 is 0 Å². The Morgan fingerprint density at radius 2 is 1.69 bits per heavy atom. The number of benzene rings is 1. The number of carbonyl (C=O) groups is 4. The van der Waals surface area contributed by atoms with E-state index in [0.717, 1.165) is 37.8 Å². The van der Waals surface area contributed by atoms with Gasteiger partial charge in [-0.25, -0.2) is 9.48 Å². The molecule has 1 saturated carbocycles. The Bertz CT molecular complexity index is 1250. The first-order valence-corrected chi connectivity index (χ1v) is 14.9. The van der Waals surface area contributed by atoms with Crippen LogP contribution in [0.15, 0.2) is 42.6 Å². The van der Waals surface area contributed by atoms with Gasteiger partial charge in [-0.1, -0.05) is 37.5 Å². The summed E-state index contributed by atoms with van der Waals surface area (Å²) < 4.78 is 7.07. The molecule has 0 radical (unpaired) electrons. The molecule has 1 saturated heterocycles. The predicted octanol–water partition coefficient (Wildman–Crippen LogP) is 4.12. The van der Waals surface area contributed by atoms with E-state index in [1.54, 1.807) is 49.5 Å². The van der Waals surface area contributed by atoms with Crippen LogP contribution in [0.2, 0.25) is 0 Å². The van der Waals surface area contributed by atoms with Gasteiger partial charge in [0.25, 0.3) is 0 Å². The number of hydrogen-bond acceptors (Lipinski definition) is 6. The Labute approximate surface area is 247 Å². The van der Waals surface area contributed by atoms with Crippen LogP contribution in [0.25, 0.3) is 5.69 Å². The zero-order chi connectivity index (χ0) is 30.4. The highest BCUT2D eigenvalue weighted by Crippen LogP contribution is 2.30. The molecule has 2 fully saturated rings. The molecule has 2 heterocycles. The van der Waals surface area contributed by atoms with Crippen molar-refractivity contribution in [2.45, 2.75) is 96.4 Å². The Kier molecular flexibility index (Phi) is 9.90. The summed E-state index contributed by atoms with van der Waals surface area (Å²) >= 11 is 0. The van der Waals surface area contributed by atoms with Gasteiger partial charge in [0.2, 0.25) is 17.7 Å². The van der Waals surface area contributed by atoms with Crippen molar-refractivity contribution in [1.29, 1.82) is 0 Å². The smallest absolute Gasteiger partial charge is 0.410 e. The van der Waals surface area contributed by atoms with Crippen LogP contribution in [0.1, 0.15) is 72.6 Å². The number of carbonyl (C=O) groups excluding carboxylic acids is 4. The third-order valence-corrected chi connectivity index (χ3v) is 8.06. The van der Waals surface area contributed by atoms with Crippen LogP contribution in [-0.4, -0.2) is 80.7 Å². The summed E-state index contributed by atoms with van der Waals surface area (Å²) in [5, 5.41) is 10.3. The number of ether oxygens (including phenoxy) is 1. The summed E-state index contributed by atoms with van der Waals surface area (Å²) in [6.07, 6.45) is 6.89. The molecule has 0 unspecified atom stereocenters. The van der Waals surface area contributed by atoms with Crippen LogP contribution < -0.4 is 10.6 Å². The summed E-state index contributed by atoms with van der Waals surface area (Å²) in [5.41, 5.74) is 0.106. The molecular weight excluding hydrogens is 536 g/mol. The van der Waals surface area contributed by atoms with Crippen molar-refractivity contribution >= 4 is 29.6 Å². The largest absolute Gasteiger partial charge is 0.444 e. The first-order chi connectivity index (χ1) is 20.0. The Hall–Kier alpha value is -3.89. The average molecular weight is 581 g/mol. The number of likely N-dealkylation sites (tertiary alicyclic amines) is 1. The van der Waals surface area contributed by atoms with Gasteiger partial charge in [-0.2, -0.15) is 5.10 Å². The number of anilines is 1. The summed E-state index contributed by atoms with van der Waals surface area (Å²) in [7, 11) is 1.51. The molecule has 0 bridgehead atoms. The number of rotatable bonds is 8. The summed E-state index contributed by atoms with van der Waals surface area (Å²) in [4.78, 5) is 56.5. The highest BCUT2D eigenvalue weighted by atomic mass is 16.6. The summed E-state index contributed by atoms with van der Waals surface area (Å²) in [6.45, 7) is 7.34. The number of nitrogens with one attached hydrogen (secondary N) is 2. The van der Waals surface area contributed by atoms with Gasteiger partial charge in [0, 0.05) is 19.7 Å². The second-order valence-corrected chi connectivity index (χ2v) is 12.3.